The molecule has 0 aliphatic carbocycles. The topological polar surface area (TPSA) is 9.23 Å². The minimum Gasteiger partial charge on any atom is -0.429 e. The van der Waals surface area contributed by atoms with Crippen molar-refractivity contribution >= 4 is 10.8 Å². The van der Waals surface area contributed by atoms with Gasteiger partial charge in [-0.1, -0.05) is 43.3 Å². The Morgan fingerprint density at radius 2 is 1.23 bits per heavy atom. The Morgan fingerprint density at radius 1 is 0.600 bits per heavy atom. The van der Waals surface area contributed by atoms with Crippen molar-refractivity contribution in [2.24, 2.45) is 0 Å². The number of halogens is 8. The number of aryl methyl sites for hydroxylation is 1. The first-order valence-electron chi connectivity index (χ1n) is 12.0. The molecule has 0 fully saturated rings. The highest BCUT2D eigenvalue weighted by Gasteiger charge is 2.41. The second kappa shape index (κ2) is 10.3. The molecule has 0 aliphatic rings. The predicted molar refractivity (Wildman–Crippen MR) is 135 cm³/mol. The van der Waals surface area contributed by atoms with Gasteiger partial charge in [0.15, 0.2) is 17.5 Å². The first kappa shape index (κ1) is 27.2. The summed E-state index contributed by atoms with van der Waals surface area (Å²) in [7, 11) is 0. The molecule has 0 atom stereocenters. The van der Waals surface area contributed by atoms with Crippen LogP contribution in [0.25, 0.3) is 33.0 Å². The Bertz CT molecular complexity index is 1720. The summed E-state index contributed by atoms with van der Waals surface area (Å²) >= 11 is 0. The van der Waals surface area contributed by atoms with Crippen LogP contribution < -0.4 is 4.74 Å². The fourth-order valence-corrected chi connectivity index (χ4v) is 4.41. The van der Waals surface area contributed by atoms with Gasteiger partial charge >= 0.3 is 6.11 Å². The molecule has 0 N–H and O–H groups in total. The summed E-state index contributed by atoms with van der Waals surface area (Å²) in [5, 5.41) is -0.733. The number of rotatable bonds is 6. The lowest BCUT2D eigenvalue weighted by molar-refractivity contribution is -0.189. The molecule has 0 aromatic heterocycles. The Morgan fingerprint density at radius 3 is 1.85 bits per heavy atom. The largest absolute Gasteiger partial charge is 0.432 e. The normalized spacial score (nSPS) is 11.7. The zero-order valence-electron chi connectivity index (χ0n) is 20.6. The summed E-state index contributed by atoms with van der Waals surface area (Å²) in [5.41, 5.74) is 0.0370. The van der Waals surface area contributed by atoms with Crippen molar-refractivity contribution in [3.63, 3.8) is 0 Å². The Hall–Kier alpha value is -4.40. The minimum absolute atomic E-state index is 0.215. The molecular weight excluding hydrogens is 540 g/mol. The molecular formula is C31H18F8O. The summed E-state index contributed by atoms with van der Waals surface area (Å²) in [6.07, 6.45) is -3.75. The van der Waals surface area contributed by atoms with Crippen molar-refractivity contribution in [2.75, 3.05) is 0 Å². The number of ether oxygens (including phenoxy) is 1. The summed E-state index contributed by atoms with van der Waals surface area (Å²) in [5.74, 6) is -9.77. The fourth-order valence-electron chi connectivity index (χ4n) is 4.41. The maximum atomic E-state index is 15.0. The maximum Gasteiger partial charge on any atom is 0.432 e. The molecule has 0 spiro atoms. The van der Waals surface area contributed by atoms with Crippen LogP contribution in [0.3, 0.4) is 0 Å². The number of benzene rings is 5. The van der Waals surface area contributed by atoms with E-state index in [1.54, 1.807) is 0 Å². The Balaban J connectivity index is 1.45. The molecule has 0 aliphatic heterocycles. The molecule has 1 nitrogen and oxygen atoms in total. The molecule has 5 aromatic rings. The van der Waals surface area contributed by atoms with Gasteiger partial charge in [-0.05, 0) is 76.5 Å². The van der Waals surface area contributed by atoms with Crippen LogP contribution in [-0.4, -0.2) is 0 Å². The number of hydrogen-bond acceptors (Lipinski definition) is 1. The molecule has 0 amide bonds. The Kier molecular flexibility index (Phi) is 6.99. The quantitative estimate of drug-likeness (QED) is 0.149. The van der Waals surface area contributed by atoms with E-state index in [0.717, 1.165) is 35.7 Å². The van der Waals surface area contributed by atoms with Gasteiger partial charge in [-0.2, -0.15) is 8.78 Å². The average molecular weight is 558 g/mol. The van der Waals surface area contributed by atoms with Crippen LogP contribution >= 0.6 is 0 Å². The molecule has 0 saturated heterocycles. The molecule has 5 rings (SSSR count). The standard InChI is InChI=1S/C31H18F8O/c1-2-16-3-5-17(6-4-16)18-7-9-22(24(32)12-18)20-13-25(33)28(26(34)14-20)31(38,39)40-21-8-10-23-19(11-21)15-27(35)30(37)29(23)36/h3-15H,2H2,1H3. The molecule has 5 aromatic carbocycles. The van der Waals surface area contributed by atoms with E-state index in [1.165, 1.54) is 18.2 Å². The first-order valence-corrected chi connectivity index (χ1v) is 12.0. The van der Waals surface area contributed by atoms with Crippen molar-refractivity contribution in [3.05, 3.63) is 125 Å². The van der Waals surface area contributed by atoms with Gasteiger partial charge in [0.1, 0.15) is 28.8 Å². The van der Waals surface area contributed by atoms with Crippen LogP contribution in [0.1, 0.15) is 18.1 Å². The van der Waals surface area contributed by atoms with Gasteiger partial charge in [0.05, 0.1) is 0 Å². The molecule has 0 heterocycles. The van der Waals surface area contributed by atoms with Crippen LogP contribution in [0.15, 0.2) is 78.9 Å². The van der Waals surface area contributed by atoms with Crippen LogP contribution in [0.5, 0.6) is 5.75 Å². The molecule has 0 bridgehead atoms. The van der Waals surface area contributed by atoms with Crippen molar-refractivity contribution in [3.8, 4) is 28.0 Å². The second-order valence-corrected chi connectivity index (χ2v) is 9.05. The van der Waals surface area contributed by atoms with Crippen LogP contribution in [0.4, 0.5) is 35.1 Å². The monoisotopic (exact) mass is 558 g/mol. The summed E-state index contributed by atoms with van der Waals surface area (Å²) in [6.45, 7) is 1.99. The SMILES string of the molecule is CCc1ccc(-c2ccc(-c3cc(F)c(C(F)(F)Oc4ccc5c(F)c(F)c(F)cc5c4)c(F)c3)c(F)c2)cc1. The van der Waals surface area contributed by atoms with Crippen LogP contribution in [0, 0.1) is 34.9 Å². The van der Waals surface area contributed by atoms with Crippen molar-refractivity contribution in [1.82, 2.24) is 0 Å². The summed E-state index contributed by atoms with van der Waals surface area (Å²) in [6, 6.07) is 15.5. The number of alkyl halides is 2. The number of fused-ring (bicyclic) bond motifs is 1. The van der Waals surface area contributed by atoms with E-state index < -0.39 is 57.7 Å². The minimum atomic E-state index is -4.58. The molecule has 40 heavy (non-hydrogen) atoms. The first-order chi connectivity index (χ1) is 19.0. The Labute approximate surface area is 223 Å². The highest BCUT2D eigenvalue weighted by Crippen LogP contribution is 2.39. The molecule has 0 saturated carbocycles. The van der Waals surface area contributed by atoms with Gasteiger partial charge in [0, 0.05) is 10.9 Å². The smallest absolute Gasteiger partial charge is 0.429 e. The van der Waals surface area contributed by atoms with E-state index in [1.807, 2.05) is 31.2 Å². The fraction of sp³-hybridized carbons (Fsp3) is 0.0968. The lowest BCUT2D eigenvalue weighted by Crippen LogP contribution is -2.25. The van der Waals surface area contributed by atoms with E-state index >= 15 is 0 Å². The highest BCUT2D eigenvalue weighted by atomic mass is 19.3. The third kappa shape index (κ3) is 4.99. The van der Waals surface area contributed by atoms with Gasteiger partial charge in [0.2, 0.25) is 0 Å². The van der Waals surface area contributed by atoms with E-state index in [-0.39, 0.29) is 16.5 Å². The molecule has 9 heteroatoms. The second-order valence-electron chi connectivity index (χ2n) is 9.05. The van der Waals surface area contributed by atoms with Gasteiger partial charge in [-0.3, -0.25) is 0 Å². The lowest BCUT2D eigenvalue weighted by atomic mass is 9.97. The summed E-state index contributed by atoms with van der Waals surface area (Å²) < 4.78 is 120. The van der Waals surface area contributed by atoms with Crippen LogP contribution in [0.2, 0.25) is 0 Å². The predicted octanol–water partition coefficient (Wildman–Crippen LogP) is 9.70. The van der Waals surface area contributed by atoms with E-state index in [2.05, 4.69) is 4.74 Å². The molecule has 0 radical (unpaired) electrons. The van der Waals surface area contributed by atoms with Crippen LogP contribution in [-0.2, 0) is 12.5 Å². The van der Waals surface area contributed by atoms with Crippen molar-refractivity contribution in [1.29, 1.82) is 0 Å². The van der Waals surface area contributed by atoms with Gasteiger partial charge in [0.25, 0.3) is 0 Å². The third-order valence-electron chi connectivity index (χ3n) is 6.50. The van der Waals surface area contributed by atoms with E-state index in [4.69, 9.17) is 0 Å². The highest BCUT2D eigenvalue weighted by molar-refractivity contribution is 5.84. The zero-order valence-corrected chi connectivity index (χ0v) is 20.6. The zero-order chi connectivity index (χ0) is 28.8. The molecule has 204 valence electrons. The van der Waals surface area contributed by atoms with Gasteiger partial charge in [-0.15, -0.1) is 0 Å². The lowest BCUT2D eigenvalue weighted by Gasteiger charge is -2.20. The van der Waals surface area contributed by atoms with E-state index in [0.29, 0.717) is 23.8 Å². The van der Waals surface area contributed by atoms with E-state index in [9.17, 15) is 35.1 Å². The van der Waals surface area contributed by atoms with Gasteiger partial charge < -0.3 is 4.74 Å². The average Bonchev–Trinajstić information content (AvgIpc) is 2.91. The summed E-state index contributed by atoms with van der Waals surface area (Å²) in [4.78, 5) is 0. The third-order valence-corrected chi connectivity index (χ3v) is 6.50. The molecule has 0 unspecified atom stereocenters. The van der Waals surface area contributed by atoms with Crippen molar-refractivity contribution < 1.29 is 39.9 Å². The number of hydrogen-bond donors (Lipinski definition) is 0. The van der Waals surface area contributed by atoms with Crippen molar-refractivity contribution in [2.45, 2.75) is 19.5 Å². The van der Waals surface area contributed by atoms with Gasteiger partial charge in [-0.25, -0.2) is 26.3 Å². The maximum absolute atomic E-state index is 15.0.